The maximum absolute atomic E-state index is 2.45. The van der Waals surface area contributed by atoms with E-state index in [1.807, 2.05) is 0 Å². The lowest BCUT2D eigenvalue weighted by Crippen LogP contribution is -2.10. The zero-order valence-corrected chi connectivity index (χ0v) is 40.6. The van der Waals surface area contributed by atoms with Crippen molar-refractivity contribution in [3.63, 3.8) is 0 Å². The van der Waals surface area contributed by atoms with Gasteiger partial charge >= 0.3 is 0 Å². The summed E-state index contributed by atoms with van der Waals surface area (Å²) in [5, 5.41) is 9.97. The van der Waals surface area contributed by atoms with Crippen molar-refractivity contribution in [3.05, 3.63) is 291 Å². The summed E-state index contributed by atoms with van der Waals surface area (Å²) in [6.07, 6.45) is 0. The molecule has 14 aromatic rings. The van der Waals surface area contributed by atoms with Gasteiger partial charge in [-0.3, -0.25) is 0 Å². The maximum Gasteiger partial charge on any atom is 0.0625 e. The van der Waals surface area contributed by atoms with E-state index in [0.29, 0.717) is 0 Å². The third-order valence-corrected chi connectivity index (χ3v) is 14.9. The zero-order chi connectivity index (χ0) is 49.0. The predicted molar refractivity (Wildman–Crippen MR) is 315 cm³/mol. The Kier molecular flexibility index (Phi) is 10.6. The summed E-state index contributed by atoms with van der Waals surface area (Å²) in [7, 11) is 0. The summed E-state index contributed by atoms with van der Waals surface area (Å²) in [4.78, 5) is 2.41. The van der Waals surface area contributed by atoms with Crippen LogP contribution in [0.4, 0.5) is 17.1 Å². The normalized spacial score (nSPS) is 11.5. The number of nitrogens with zero attached hydrogens (tertiary/aromatic N) is 2. The average Bonchev–Trinajstić information content (AvgIpc) is 3.87. The Morgan fingerprint density at radius 2 is 0.716 bits per heavy atom. The molecule has 0 spiro atoms. The Bertz CT molecular complexity index is 4330. The van der Waals surface area contributed by atoms with Crippen LogP contribution in [-0.2, 0) is 0 Å². The number of rotatable bonds is 9. The van der Waals surface area contributed by atoms with Crippen LogP contribution in [-0.4, -0.2) is 4.57 Å². The van der Waals surface area contributed by atoms with Gasteiger partial charge in [-0.1, -0.05) is 206 Å². The molecule has 346 valence electrons. The fraction of sp³-hybridized carbons (Fsp3) is 0. The fourth-order valence-corrected chi connectivity index (χ4v) is 11.4. The fourth-order valence-electron chi connectivity index (χ4n) is 11.4. The van der Waals surface area contributed by atoms with E-state index in [2.05, 4.69) is 301 Å². The lowest BCUT2D eigenvalue weighted by Gasteiger charge is -2.26. The van der Waals surface area contributed by atoms with E-state index in [-0.39, 0.29) is 0 Å². The van der Waals surface area contributed by atoms with Crippen LogP contribution in [0.15, 0.2) is 291 Å². The highest BCUT2D eigenvalue weighted by Gasteiger charge is 2.21. The molecule has 2 heteroatoms. The highest BCUT2D eigenvalue weighted by atomic mass is 15.1. The van der Waals surface area contributed by atoms with Crippen LogP contribution in [0.3, 0.4) is 0 Å². The van der Waals surface area contributed by atoms with Crippen LogP contribution in [0.2, 0.25) is 0 Å². The van der Waals surface area contributed by atoms with E-state index in [9.17, 15) is 0 Å². The molecule has 0 saturated carbocycles. The van der Waals surface area contributed by atoms with Crippen molar-refractivity contribution in [1.29, 1.82) is 0 Å². The highest BCUT2D eigenvalue weighted by Crippen LogP contribution is 2.45. The molecule has 0 fully saturated rings. The molecule has 0 aliphatic heterocycles. The van der Waals surface area contributed by atoms with Gasteiger partial charge in [0.15, 0.2) is 0 Å². The summed E-state index contributed by atoms with van der Waals surface area (Å²) in [6, 6.07) is 107. The van der Waals surface area contributed by atoms with Gasteiger partial charge in [-0.05, 0) is 167 Å². The van der Waals surface area contributed by atoms with E-state index >= 15 is 0 Å². The lowest BCUT2D eigenvalue weighted by atomic mass is 9.93. The maximum atomic E-state index is 2.45. The van der Waals surface area contributed by atoms with E-state index < -0.39 is 0 Å². The first-order chi connectivity index (χ1) is 36.7. The summed E-state index contributed by atoms with van der Waals surface area (Å²) < 4.78 is 2.45. The highest BCUT2D eigenvalue weighted by molar-refractivity contribution is 6.24. The number of aromatic nitrogens is 1. The lowest BCUT2D eigenvalue weighted by molar-refractivity contribution is 1.19. The largest absolute Gasteiger partial charge is 0.310 e. The topological polar surface area (TPSA) is 8.17 Å². The first kappa shape index (κ1) is 43.1. The van der Waals surface area contributed by atoms with Gasteiger partial charge in [0, 0.05) is 38.9 Å². The molecule has 0 unspecified atom stereocenters. The molecule has 74 heavy (non-hydrogen) atoms. The quantitative estimate of drug-likeness (QED) is 0.131. The molecule has 1 aromatic heterocycles. The molecule has 2 nitrogen and oxygen atoms in total. The Balaban J connectivity index is 0.920. The number of para-hydroxylation sites is 2. The van der Waals surface area contributed by atoms with E-state index in [0.717, 1.165) is 33.9 Å². The first-order valence-corrected chi connectivity index (χ1v) is 25.5. The molecule has 0 aliphatic carbocycles. The minimum absolute atomic E-state index is 1.07. The van der Waals surface area contributed by atoms with Gasteiger partial charge in [-0.25, -0.2) is 0 Å². The zero-order valence-electron chi connectivity index (χ0n) is 40.6. The van der Waals surface area contributed by atoms with Gasteiger partial charge in [0.25, 0.3) is 0 Å². The Labute approximate surface area is 430 Å². The van der Waals surface area contributed by atoms with Crippen molar-refractivity contribution in [2.75, 3.05) is 4.90 Å². The second-order valence-corrected chi connectivity index (χ2v) is 19.3. The molecule has 0 amide bonds. The van der Waals surface area contributed by atoms with Gasteiger partial charge in [-0.15, -0.1) is 0 Å². The summed E-state index contributed by atoms with van der Waals surface area (Å²) in [5.74, 6) is 0. The van der Waals surface area contributed by atoms with Crippen LogP contribution in [0, 0.1) is 0 Å². The average molecular weight is 941 g/mol. The Hall–Kier alpha value is -9.76. The molecule has 0 radical (unpaired) electrons. The minimum atomic E-state index is 1.07. The Morgan fingerprint density at radius 3 is 1.38 bits per heavy atom. The molecular formula is C72H48N2. The molecule has 0 saturated heterocycles. The van der Waals surface area contributed by atoms with E-state index in [1.54, 1.807) is 0 Å². The molecule has 13 aromatic carbocycles. The number of anilines is 3. The van der Waals surface area contributed by atoms with Gasteiger partial charge in [-0.2, -0.15) is 0 Å². The van der Waals surface area contributed by atoms with Gasteiger partial charge in [0.2, 0.25) is 0 Å². The van der Waals surface area contributed by atoms with E-state index in [4.69, 9.17) is 0 Å². The molecule has 0 aliphatic rings. The smallest absolute Gasteiger partial charge is 0.0625 e. The van der Waals surface area contributed by atoms with Gasteiger partial charge in [0.05, 0.1) is 11.0 Å². The summed E-state index contributed by atoms with van der Waals surface area (Å²) in [5.41, 5.74) is 18.6. The second kappa shape index (κ2) is 18.1. The van der Waals surface area contributed by atoms with E-state index in [1.165, 1.54) is 98.6 Å². The number of hydrogen-bond donors (Lipinski definition) is 0. The van der Waals surface area contributed by atoms with Crippen molar-refractivity contribution in [2.24, 2.45) is 0 Å². The molecule has 1 heterocycles. The predicted octanol–water partition coefficient (Wildman–Crippen LogP) is 20.0. The van der Waals surface area contributed by atoms with Gasteiger partial charge < -0.3 is 9.47 Å². The molecule has 14 rings (SSSR count). The van der Waals surface area contributed by atoms with Crippen LogP contribution >= 0.6 is 0 Å². The molecule has 0 N–H and O–H groups in total. The van der Waals surface area contributed by atoms with Crippen molar-refractivity contribution in [2.45, 2.75) is 0 Å². The van der Waals surface area contributed by atoms with Gasteiger partial charge in [0.1, 0.15) is 0 Å². The van der Waals surface area contributed by atoms with Crippen LogP contribution < -0.4 is 4.90 Å². The molecule has 0 bridgehead atoms. The van der Waals surface area contributed by atoms with Crippen molar-refractivity contribution in [1.82, 2.24) is 4.57 Å². The summed E-state index contributed by atoms with van der Waals surface area (Å²) in [6.45, 7) is 0. The van der Waals surface area contributed by atoms with Crippen molar-refractivity contribution >= 4 is 71.2 Å². The number of benzene rings is 13. The first-order valence-electron chi connectivity index (χ1n) is 25.5. The second-order valence-electron chi connectivity index (χ2n) is 19.3. The van der Waals surface area contributed by atoms with Crippen LogP contribution in [0.5, 0.6) is 0 Å². The SMILES string of the molecule is c1ccc(-c2cc(-c3ccccc3)cc(-c3ccc(N(c4ccc(-c5ccc6c(ccc7ccccc76)c5)cc4)c4cccc(-c5cc6ccccc6c6c5c5ccccc5n6-c5ccccc5)c4)cc3)c2)cc1. The molecular weight excluding hydrogens is 893 g/mol. The van der Waals surface area contributed by atoms with Crippen LogP contribution in [0.1, 0.15) is 0 Å². The van der Waals surface area contributed by atoms with Crippen molar-refractivity contribution < 1.29 is 0 Å². The van der Waals surface area contributed by atoms with Crippen LogP contribution in [0.25, 0.3) is 115 Å². The third-order valence-electron chi connectivity index (χ3n) is 14.9. The van der Waals surface area contributed by atoms with Crippen molar-refractivity contribution in [3.8, 4) is 61.3 Å². The molecule has 0 atom stereocenters. The summed E-state index contributed by atoms with van der Waals surface area (Å²) >= 11 is 0. The number of hydrogen-bond acceptors (Lipinski definition) is 1. The standard InChI is InChI=1S/C72H48N2/c1-4-17-49(18-5-1)58-44-59(50-19-6-2-7-20-50)46-60(45-58)52-35-40-63(41-36-52)73(62-38-33-51(34-39-62)54-37-42-66-57(43-54)32-31-53-21-10-12-27-65(53)66)64-26-16-23-55(47-64)69-48-56-22-11-13-28-67(56)72-71(69)68-29-14-15-30-70(68)74(72)61-24-8-3-9-25-61/h1-48H. The Morgan fingerprint density at radius 1 is 0.243 bits per heavy atom. The third kappa shape index (κ3) is 7.60. The monoisotopic (exact) mass is 940 g/mol. The minimum Gasteiger partial charge on any atom is -0.310 e. The number of fused-ring (bicyclic) bond motifs is 8.